The van der Waals surface area contributed by atoms with Crippen molar-refractivity contribution in [3.8, 4) is 5.75 Å². The molecule has 0 unspecified atom stereocenters. The van der Waals surface area contributed by atoms with E-state index in [0.29, 0.717) is 37.6 Å². The first kappa shape index (κ1) is 24.5. The van der Waals surface area contributed by atoms with Gasteiger partial charge in [0.1, 0.15) is 11.2 Å². The molecule has 0 saturated carbocycles. The number of benzene rings is 2. The third-order valence-electron chi connectivity index (χ3n) is 6.21. The zero-order chi connectivity index (χ0) is 24.2. The second kappa shape index (κ2) is 10.2. The first-order valence-electron chi connectivity index (χ1n) is 11.8. The van der Waals surface area contributed by atoms with Gasteiger partial charge in [0.2, 0.25) is 17.8 Å². The fourth-order valence-corrected chi connectivity index (χ4v) is 4.20. The Balaban J connectivity index is 2.07. The summed E-state index contributed by atoms with van der Waals surface area (Å²) in [6.07, 6.45) is 0.986. The summed E-state index contributed by atoms with van der Waals surface area (Å²) < 4.78 is 5.72. The van der Waals surface area contributed by atoms with Crippen molar-refractivity contribution in [2.24, 2.45) is 10.4 Å². The SMILES string of the molecule is CCN1C(=O)C(CC)(CC)C(=O)N(Cc2ccc(C)cc2)/C1=N/c1ccc(OC(C)C)cc1. The average Bonchev–Trinajstić information content (AvgIpc) is 2.80. The molecule has 6 nitrogen and oxygen atoms in total. The van der Waals surface area contributed by atoms with Gasteiger partial charge in [0.25, 0.3) is 0 Å². The Hall–Kier alpha value is -3.15. The van der Waals surface area contributed by atoms with Crippen LogP contribution in [0.15, 0.2) is 53.5 Å². The van der Waals surface area contributed by atoms with Gasteiger partial charge < -0.3 is 4.74 Å². The highest BCUT2D eigenvalue weighted by molar-refractivity contribution is 6.20. The van der Waals surface area contributed by atoms with Crippen molar-refractivity contribution < 1.29 is 14.3 Å². The minimum Gasteiger partial charge on any atom is -0.491 e. The molecule has 0 bridgehead atoms. The number of aliphatic imine (C=N–C) groups is 1. The molecule has 2 aromatic carbocycles. The van der Waals surface area contributed by atoms with Gasteiger partial charge >= 0.3 is 0 Å². The lowest BCUT2D eigenvalue weighted by Crippen LogP contribution is -2.65. The maximum absolute atomic E-state index is 13.8. The molecule has 1 heterocycles. The Bertz CT molecular complexity index is 1010. The number of hydrogen-bond acceptors (Lipinski definition) is 4. The highest BCUT2D eigenvalue weighted by Crippen LogP contribution is 2.37. The number of hydrogen-bond donors (Lipinski definition) is 0. The van der Waals surface area contributed by atoms with Crippen LogP contribution in [0.5, 0.6) is 5.75 Å². The molecule has 0 atom stereocenters. The highest BCUT2D eigenvalue weighted by atomic mass is 16.5. The largest absolute Gasteiger partial charge is 0.491 e. The predicted octanol–water partition coefficient (Wildman–Crippen LogP) is 5.47. The lowest BCUT2D eigenvalue weighted by Gasteiger charge is -2.45. The summed E-state index contributed by atoms with van der Waals surface area (Å²) in [5.41, 5.74) is 1.75. The first-order chi connectivity index (χ1) is 15.7. The van der Waals surface area contributed by atoms with Crippen molar-refractivity contribution >= 4 is 23.5 Å². The molecule has 1 saturated heterocycles. The summed E-state index contributed by atoms with van der Waals surface area (Å²) >= 11 is 0. The third kappa shape index (κ3) is 4.95. The number of guanidine groups is 1. The van der Waals surface area contributed by atoms with Crippen molar-refractivity contribution in [3.63, 3.8) is 0 Å². The number of carbonyl (C=O) groups is 2. The molecule has 2 aromatic rings. The van der Waals surface area contributed by atoms with Gasteiger partial charge in [-0.15, -0.1) is 0 Å². The molecule has 6 heteroatoms. The van der Waals surface area contributed by atoms with Crippen molar-refractivity contribution in [1.82, 2.24) is 9.80 Å². The molecule has 176 valence electrons. The van der Waals surface area contributed by atoms with Crippen LogP contribution in [-0.2, 0) is 16.1 Å². The second-order valence-electron chi connectivity index (χ2n) is 8.79. The van der Waals surface area contributed by atoms with Crippen molar-refractivity contribution in [1.29, 1.82) is 0 Å². The quantitative estimate of drug-likeness (QED) is 0.502. The Kier molecular flexibility index (Phi) is 7.57. The summed E-state index contributed by atoms with van der Waals surface area (Å²) in [6, 6.07) is 15.5. The van der Waals surface area contributed by atoms with Gasteiger partial charge in [0, 0.05) is 6.54 Å². The molecule has 2 amide bonds. The van der Waals surface area contributed by atoms with Crippen LogP contribution in [-0.4, -0.2) is 40.2 Å². The maximum Gasteiger partial charge on any atom is 0.245 e. The number of aryl methyl sites for hydroxylation is 1. The van der Waals surface area contributed by atoms with Crippen molar-refractivity contribution in [2.75, 3.05) is 6.54 Å². The Morgan fingerprint density at radius 3 is 1.97 bits per heavy atom. The summed E-state index contributed by atoms with van der Waals surface area (Å²) in [5.74, 6) is 0.785. The van der Waals surface area contributed by atoms with Gasteiger partial charge in [0.05, 0.1) is 18.3 Å². The lowest BCUT2D eigenvalue weighted by molar-refractivity contribution is -0.157. The molecular weight excluding hydrogens is 414 g/mol. The van der Waals surface area contributed by atoms with Crippen LogP contribution < -0.4 is 4.74 Å². The van der Waals surface area contributed by atoms with Crippen LogP contribution in [0.4, 0.5) is 5.69 Å². The van der Waals surface area contributed by atoms with Gasteiger partial charge in [-0.25, -0.2) is 4.99 Å². The van der Waals surface area contributed by atoms with E-state index in [1.165, 1.54) is 0 Å². The van der Waals surface area contributed by atoms with E-state index in [2.05, 4.69) is 0 Å². The van der Waals surface area contributed by atoms with Crippen LogP contribution in [0.2, 0.25) is 0 Å². The number of carbonyl (C=O) groups excluding carboxylic acids is 2. The number of nitrogens with zero attached hydrogens (tertiary/aromatic N) is 3. The van der Waals surface area contributed by atoms with E-state index in [1.54, 1.807) is 9.80 Å². The minimum absolute atomic E-state index is 0.0764. The van der Waals surface area contributed by atoms with Crippen LogP contribution in [0.1, 0.15) is 58.6 Å². The minimum atomic E-state index is -1.06. The van der Waals surface area contributed by atoms with E-state index < -0.39 is 5.41 Å². The molecule has 0 aliphatic carbocycles. The van der Waals surface area contributed by atoms with Crippen LogP contribution >= 0.6 is 0 Å². The molecule has 33 heavy (non-hydrogen) atoms. The number of rotatable bonds is 8. The molecule has 0 radical (unpaired) electrons. The third-order valence-corrected chi connectivity index (χ3v) is 6.21. The zero-order valence-electron chi connectivity index (χ0n) is 20.6. The molecule has 3 rings (SSSR count). The fourth-order valence-electron chi connectivity index (χ4n) is 4.20. The summed E-state index contributed by atoms with van der Waals surface area (Å²) in [4.78, 5) is 35.5. The standard InChI is InChI=1S/C27H35N3O3/c1-7-27(8-2)24(31)29(9-3)26(28-22-14-16-23(17-15-22)33-19(4)5)30(25(27)32)18-21-12-10-20(6)11-13-21/h10-17,19H,7-9,18H2,1-6H3/b28-26+. The molecule has 1 fully saturated rings. The second-order valence-corrected chi connectivity index (χ2v) is 8.79. The Morgan fingerprint density at radius 1 is 0.879 bits per heavy atom. The van der Waals surface area contributed by atoms with E-state index in [9.17, 15) is 9.59 Å². The monoisotopic (exact) mass is 449 g/mol. The van der Waals surface area contributed by atoms with E-state index in [4.69, 9.17) is 9.73 Å². The normalized spacial score (nSPS) is 17.2. The van der Waals surface area contributed by atoms with Crippen molar-refractivity contribution in [2.45, 2.75) is 67.0 Å². The van der Waals surface area contributed by atoms with Gasteiger partial charge in [-0.1, -0.05) is 43.7 Å². The molecule has 0 N–H and O–H groups in total. The highest BCUT2D eigenvalue weighted by Gasteiger charge is 2.53. The topological polar surface area (TPSA) is 62.2 Å². The lowest BCUT2D eigenvalue weighted by atomic mass is 9.77. The maximum atomic E-state index is 13.8. The molecule has 0 aromatic heterocycles. The van der Waals surface area contributed by atoms with E-state index in [0.717, 1.165) is 16.9 Å². The first-order valence-corrected chi connectivity index (χ1v) is 11.8. The molecule has 0 spiro atoms. The summed E-state index contributed by atoms with van der Waals surface area (Å²) in [6.45, 7) is 12.5. The smallest absolute Gasteiger partial charge is 0.245 e. The average molecular weight is 450 g/mol. The fraction of sp³-hybridized carbons (Fsp3) is 0.444. The molecule has 1 aliphatic heterocycles. The van der Waals surface area contributed by atoms with Crippen LogP contribution in [0, 0.1) is 12.3 Å². The number of amides is 2. The van der Waals surface area contributed by atoms with E-state index >= 15 is 0 Å². The summed E-state index contributed by atoms with van der Waals surface area (Å²) in [5, 5.41) is 0. The van der Waals surface area contributed by atoms with Gasteiger partial charge in [-0.2, -0.15) is 0 Å². The zero-order valence-corrected chi connectivity index (χ0v) is 20.6. The van der Waals surface area contributed by atoms with E-state index in [1.807, 2.05) is 90.1 Å². The number of ether oxygens (including phenoxy) is 1. The van der Waals surface area contributed by atoms with Gasteiger partial charge in [-0.3, -0.25) is 19.4 Å². The Morgan fingerprint density at radius 2 is 1.45 bits per heavy atom. The van der Waals surface area contributed by atoms with Gasteiger partial charge in [0.15, 0.2) is 0 Å². The van der Waals surface area contributed by atoms with Crippen LogP contribution in [0.25, 0.3) is 0 Å². The van der Waals surface area contributed by atoms with Crippen LogP contribution in [0.3, 0.4) is 0 Å². The predicted molar refractivity (Wildman–Crippen MR) is 131 cm³/mol. The molecule has 1 aliphatic rings. The summed E-state index contributed by atoms with van der Waals surface area (Å²) in [7, 11) is 0. The molecular formula is C27H35N3O3. The van der Waals surface area contributed by atoms with Crippen molar-refractivity contribution in [3.05, 3.63) is 59.7 Å². The van der Waals surface area contributed by atoms with Gasteiger partial charge in [-0.05, 0) is 70.4 Å². The Labute approximate surface area is 197 Å². The van der Waals surface area contributed by atoms with E-state index in [-0.39, 0.29) is 17.9 Å².